The maximum Gasteiger partial charge on any atom is 0.407 e. The van der Waals surface area contributed by atoms with E-state index in [9.17, 15) is 4.79 Å². The van der Waals surface area contributed by atoms with E-state index in [1.54, 1.807) is 16.2 Å². The molecule has 4 heterocycles. The molecule has 2 aliphatic heterocycles. The van der Waals surface area contributed by atoms with Crippen LogP contribution in [0.1, 0.15) is 19.3 Å². The van der Waals surface area contributed by atoms with Crippen molar-refractivity contribution in [3.8, 4) is 11.3 Å². The van der Waals surface area contributed by atoms with E-state index in [1.165, 1.54) is 6.42 Å². The highest BCUT2D eigenvalue weighted by molar-refractivity contribution is 7.07. The Labute approximate surface area is 168 Å². The van der Waals surface area contributed by atoms with Crippen molar-refractivity contribution in [2.45, 2.75) is 25.3 Å². The molecule has 3 fully saturated rings. The van der Waals surface area contributed by atoms with Gasteiger partial charge < -0.3 is 14.9 Å². The number of pyridine rings is 1. The summed E-state index contributed by atoms with van der Waals surface area (Å²) in [5.41, 5.74) is 4.23. The Morgan fingerprint density at radius 3 is 2.75 bits per heavy atom. The molecule has 8 heteroatoms. The number of anilines is 1. The lowest BCUT2D eigenvalue weighted by Crippen LogP contribution is -2.58. The summed E-state index contributed by atoms with van der Waals surface area (Å²) in [5, 5.41) is 11.2. The van der Waals surface area contributed by atoms with Gasteiger partial charge in [-0.05, 0) is 31.4 Å². The van der Waals surface area contributed by atoms with Crippen molar-refractivity contribution in [2.75, 3.05) is 44.2 Å². The van der Waals surface area contributed by atoms with Gasteiger partial charge in [0.25, 0.3) is 0 Å². The Balaban J connectivity index is 1.21. The van der Waals surface area contributed by atoms with Gasteiger partial charge >= 0.3 is 6.09 Å². The molecule has 1 atom stereocenters. The molecule has 3 aliphatic rings. The first-order chi connectivity index (χ1) is 13.6. The number of hydrogen-bond donors (Lipinski definition) is 1. The lowest BCUT2D eigenvalue weighted by atomic mass is 9.78. The lowest BCUT2D eigenvalue weighted by Gasteiger charge is -2.47. The third-order valence-electron chi connectivity index (χ3n) is 6.62. The molecule has 5 rings (SSSR count). The van der Waals surface area contributed by atoms with Gasteiger partial charge in [0, 0.05) is 67.9 Å². The number of amides is 1. The minimum Gasteiger partial charge on any atom is -0.465 e. The minimum absolute atomic E-state index is 0.249. The molecule has 2 aromatic rings. The SMILES string of the molecule is O=C(O)N1CC2(CC[C@@H](N3CCN(c4ncccc4-c4cscn4)CC3)C2)C1. The monoisotopic (exact) mass is 399 g/mol. The first-order valence-corrected chi connectivity index (χ1v) is 10.9. The molecular formula is C20H25N5O2S. The van der Waals surface area contributed by atoms with Crippen LogP contribution in [0, 0.1) is 5.41 Å². The number of thiazole rings is 1. The molecule has 2 saturated heterocycles. The summed E-state index contributed by atoms with van der Waals surface area (Å²) >= 11 is 1.61. The molecule has 0 unspecified atom stereocenters. The van der Waals surface area contributed by atoms with Crippen LogP contribution in [0.3, 0.4) is 0 Å². The van der Waals surface area contributed by atoms with Gasteiger partial charge in [0.2, 0.25) is 0 Å². The van der Waals surface area contributed by atoms with Gasteiger partial charge in [-0.15, -0.1) is 11.3 Å². The van der Waals surface area contributed by atoms with Crippen LogP contribution in [0.5, 0.6) is 0 Å². The highest BCUT2D eigenvalue weighted by Crippen LogP contribution is 2.47. The highest BCUT2D eigenvalue weighted by Gasteiger charge is 2.50. The largest absolute Gasteiger partial charge is 0.465 e. The first kappa shape index (κ1) is 17.9. The van der Waals surface area contributed by atoms with Crippen LogP contribution in [0.2, 0.25) is 0 Å². The van der Waals surface area contributed by atoms with Crippen molar-refractivity contribution >= 4 is 23.2 Å². The molecule has 1 saturated carbocycles. The van der Waals surface area contributed by atoms with Crippen LogP contribution in [0.15, 0.2) is 29.2 Å². The van der Waals surface area contributed by atoms with Gasteiger partial charge in [-0.2, -0.15) is 0 Å². The molecular weight excluding hydrogens is 374 g/mol. The van der Waals surface area contributed by atoms with Crippen molar-refractivity contribution in [3.05, 3.63) is 29.2 Å². The summed E-state index contributed by atoms with van der Waals surface area (Å²) in [4.78, 5) is 26.8. The van der Waals surface area contributed by atoms with Gasteiger partial charge in [0.1, 0.15) is 5.82 Å². The van der Waals surface area contributed by atoms with E-state index in [1.807, 2.05) is 17.8 Å². The zero-order valence-electron chi connectivity index (χ0n) is 15.8. The van der Waals surface area contributed by atoms with Gasteiger partial charge in [-0.25, -0.2) is 14.8 Å². The fraction of sp³-hybridized carbons (Fsp3) is 0.550. The highest BCUT2D eigenvalue weighted by atomic mass is 32.1. The minimum atomic E-state index is -0.769. The number of likely N-dealkylation sites (tertiary alicyclic amines) is 1. The van der Waals surface area contributed by atoms with E-state index in [2.05, 4.69) is 31.2 Å². The van der Waals surface area contributed by atoms with Crippen molar-refractivity contribution in [1.82, 2.24) is 19.8 Å². The molecule has 1 amide bonds. The average Bonchev–Trinajstić information content (AvgIpc) is 3.37. The predicted molar refractivity (Wildman–Crippen MR) is 109 cm³/mol. The van der Waals surface area contributed by atoms with Crippen molar-refractivity contribution in [1.29, 1.82) is 0 Å². The smallest absolute Gasteiger partial charge is 0.407 e. The fourth-order valence-corrected chi connectivity index (χ4v) is 5.72. The Kier molecular flexibility index (Phi) is 4.47. The summed E-state index contributed by atoms with van der Waals surface area (Å²) in [6.07, 6.45) is 4.60. The summed E-state index contributed by atoms with van der Waals surface area (Å²) in [6.45, 7) is 5.47. The van der Waals surface area contributed by atoms with E-state index >= 15 is 0 Å². The van der Waals surface area contributed by atoms with Crippen molar-refractivity contribution < 1.29 is 9.90 Å². The lowest BCUT2D eigenvalue weighted by molar-refractivity contribution is 0.00903. The van der Waals surface area contributed by atoms with E-state index in [0.29, 0.717) is 6.04 Å². The van der Waals surface area contributed by atoms with Crippen LogP contribution < -0.4 is 4.90 Å². The van der Waals surface area contributed by atoms with E-state index in [0.717, 1.165) is 69.2 Å². The number of nitrogens with zero attached hydrogens (tertiary/aromatic N) is 5. The first-order valence-electron chi connectivity index (χ1n) is 9.94. The molecule has 148 valence electrons. The second kappa shape index (κ2) is 7.00. The summed E-state index contributed by atoms with van der Waals surface area (Å²) in [7, 11) is 0. The Morgan fingerprint density at radius 2 is 2.04 bits per heavy atom. The topological polar surface area (TPSA) is 72.8 Å². The Bertz CT molecular complexity index is 844. The molecule has 0 aromatic carbocycles. The van der Waals surface area contributed by atoms with Crippen molar-refractivity contribution in [2.24, 2.45) is 5.41 Å². The second-order valence-corrected chi connectivity index (χ2v) is 9.03. The Morgan fingerprint density at radius 1 is 1.21 bits per heavy atom. The maximum absolute atomic E-state index is 11.1. The molecule has 0 bridgehead atoms. The quantitative estimate of drug-likeness (QED) is 0.856. The maximum atomic E-state index is 11.1. The summed E-state index contributed by atoms with van der Waals surface area (Å²) in [6, 6.07) is 4.68. The van der Waals surface area contributed by atoms with Crippen LogP contribution >= 0.6 is 11.3 Å². The number of carboxylic acid groups (broad SMARTS) is 1. The van der Waals surface area contributed by atoms with Gasteiger partial charge in [-0.3, -0.25) is 4.90 Å². The zero-order chi connectivity index (χ0) is 19.1. The number of aromatic nitrogens is 2. The third-order valence-corrected chi connectivity index (χ3v) is 7.21. The molecule has 2 aromatic heterocycles. The normalized spacial score (nSPS) is 24.5. The number of rotatable bonds is 3. The van der Waals surface area contributed by atoms with Crippen LogP contribution in [-0.2, 0) is 0 Å². The van der Waals surface area contributed by atoms with Crippen LogP contribution in [-0.4, -0.2) is 76.3 Å². The molecule has 1 aliphatic carbocycles. The molecule has 1 N–H and O–H groups in total. The standard InChI is InChI=1S/C20H25N5O2S/c26-19(27)25-12-20(13-25)4-3-15(10-20)23-6-8-24(9-7-23)18-16(2-1-5-21-18)17-11-28-14-22-17/h1-2,5,11,14-15H,3-4,6-10,12-13H2,(H,26,27)/t15-/m1/s1. The zero-order valence-corrected chi connectivity index (χ0v) is 16.6. The molecule has 0 radical (unpaired) electrons. The van der Waals surface area contributed by atoms with Gasteiger partial charge in [-0.1, -0.05) is 0 Å². The number of carbonyl (C=O) groups is 1. The molecule has 7 nitrogen and oxygen atoms in total. The third kappa shape index (κ3) is 3.14. The average molecular weight is 400 g/mol. The van der Waals surface area contributed by atoms with Crippen molar-refractivity contribution in [3.63, 3.8) is 0 Å². The van der Waals surface area contributed by atoms with Crippen LogP contribution in [0.4, 0.5) is 10.6 Å². The van der Waals surface area contributed by atoms with E-state index in [-0.39, 0.29) is 5.41 Å². The van der Waals surface area contributed by atoms with Gasteiger partial charge in [0.05, 0.1) is 11.2 Å². The fourth-order valence-electron chi connectivity index (χ4n) is 5.17. The van der Waals surface area contributed by atoms with E-state index in [4.69, 9.17) is 5.11 Å². The number of piperazine rings is 1. The Hall–Kier alpha value is -2.19. The predicted octanol–water partition coefficient (Wildman–Crippen LogP) is 2.86. The summed E-state index contributed by atoms with van der Waals surface area (Å²) in [5.74, 6) is 1.03. The van der Waals surface area contributed by atoms with Gasteiger partial charge in [0.15, 0.2) is 0 Å². The summed E-state index contributed by atoms with van der Waals surface area (Å²) < 4.78 is 0. The van der Waals surface area contributed by atoms with E-state index < -0.39 is 6.09 Å². The molecule has 28 heavy (non-hydrogen) atoms. The van der Waals surface area contributed by atoms with Crippen LogP contribution in [0.25, 0.3) is 11.3 Å². The number of hydrogen-bond acceptors (Lipinski definition) is 6. The molecule has 1 spiro atoms. The second-order valence-electron chi connectivity index (χ2n) is 8.31.